The predicted octanol–water partition coefficient (Wildman–Crippen LogP) is 0.170. The molecule has 2 aliphatic rings. The number of carbonyl (C=O) groups excluding carboxylic acids is 1. The van der Waals surface area contributed by atoms with E-state index in [1.54, 1.807) is 0 Å². The van der Waals surface area contributed by atoms with Crippen molar-refractivity contribution in [1.29, 1.82) is 0 Å². The minimum atomic E-state index is -1.08. The lowest BCUT2D eigenvalue weighted by atomic mass is 9.70. The van der Waals surface area contributed by atoms with Gasteiger partial charge >= 0.3 is 0 Å². The van der Waals surface area contributed by atoms with Crippen molar-refractivity contribution >= 4 is 5.97 Å². The number of aliphatic hydroxyl groups is 1. The Hall–Kier alpha value is -0.570. The van der Waals surface area contributed by atoms with Crippen LogP contribution in [0.1, 0.15) is 33.6 Å². The van der Waals surface area contributed by atoms with Crippen molar-refractivity contribution in [2.24, 2.45) is 22.7 Å². The molecule has 3 nitrogen and oxygen atoms in total. The lowest BCUT2D eigenvalue weighted by molar-refractivity contribution is -0.316. The number of fused-ring (bicyclic) bond motifs is 2. The second-order valence-corrected chi connectivity index (χ2v) is 5.57. The first-order valence-corrected chi connectivity index (χ1v) is 5.21. The molecule has 0 saturated heterocycles. The molecular formula is C11H17O3-. The highest BCUT2D eigenvalue weighted by atomic mass is 16.4. The van der Waals surface area contributed by atoms with Crippen LogP contribution in [0, 0.1) is 22.7 Å². The Balaban J connectivity index is 2.44. The minimum Gasteiger partial charge on any atom is -0.550 e. The van der Waals surface area contributed by atoms with Crippen LogP contribution in [0.3, 0.4) is 0 Å². The van der Waals surface area contributed by atoms with Crippen molar-refractivity contribution in [2.75, 3.05) is 0 Å². The summed E-state index contributed by atoms with van der Waals surface area (Å²) in [4.78, 5) is 11.0. The van der Waals surface area contributed by atoms with Gasteiger partial charge in [-0.05, 0) is 29.6 Å². The van der Waals surface area contributed by atoms with Gasteiger partial charge in [0.15, 0.2) is 0 Å². The van der Waals surface area contributed by atoms with E-state index in [1.807, 2.05) is 6.92 Å². The van der Waals surface area contributed by atoms with Gasteiger partial charge in [-0.15, -0.1) is 0 Å². The van der Waals surface area contributed by atoms with E-state index in [0.717, 1.165) is 12.8 Å². The van der Waals surface area contributed by atoms with Crippen molar-refractivity contribution in [3.05, 3.63) is 0 Å². The average molecular weight is 197 g/mol. The van der Waals surface area contributed by atoms with E-state index < -0.39 is 18.0 Å². The number of carboxylic acid groups (broad SMARTS) is 1. The zero-order valence-corrected chi connectivity index (χ0v) is 8.91. The highest BCUT2D eigenvalue weighted by Crippen LogP contribution is 2.67. The molecule has 0 aromatic heterocycles. The fourth-order valence-electron chi connectivity index (χ4n) is 3.63. The van der Waals surface area contributed by atoms with Gasteiger partial charge in [0.05, 0.1) is 6.10 Å². The molecule has 3 heteroatoms. The second kappa shape index (κ2) is 2.51. The zero-order chi connectivity index (χ0) is 10.7. The molecule has 2 aliphatic carbocycles. The van der Waals surface area contributed by atoms with Crippen LogP contribution in [0.4, 0.5) is 0 Å². The maximum atomic E-state index is 11.0. The number of rotatable bonds is 1. The van der Waals surface area contributed by atoms with Crippen LogP contribution in [-0.2, 0) is 4.79 Å². The van der Waals surface area contributed by atoms with Gasteiger partial charge in [0.2, 0.25) is 0 Å². The van der Waals surface area contributed by atoms with E-state index in [2.05, 4.69) is 13.8 Å². The molecule has 0 heterocycles. The van der Waals surface area contributed by atoms with Crippen LogP contribution in [0.5, 0.6) is 0 Å². The number of aliphatic hydroxyl groups excluding tert-OH is 1. The summed E-state index contributed by atoms with van der Waals surface area (Å²) in [5.41, 5.74) is -0.334. The summed E-state index contributed by atoms with van der Waals surface area (Å²) in [5, 5.41) is 21.0. The number of aliphatic carboxylic acids is 1. The van der Waals surface area contributed by atoms with Gasteiger partial charge in [-0.1, -0.05) is 20.8 Å². The first-order chi connectivity index (χ1) is 6.32. The highest BCUT2D eigenvalue weighted by Gasteiger charge is 2.66. The van der Waals surface area contributed by atoms with E-state index in [0.29, 0.717) is 0 Å². The Morgan fingerprint density at radius 2 is 2.00 bits per heavy atom. The molecule has 0 unspecified atom stereocenters. The molecular weight excluding hydrogens is 180 g/mol. The molecule has 0 aliphatic heterocycles. The van der Waals surface area contributed by atoms with E-state index in [-0.39, 0.29) is 16.7 Å². The van der Waals surface area contributed by atoms with Gasteiger partial charge in [-0.3, -0.25) is 0 Å². The fourth-order valence-corrected chi connectivity index (χ4v) is 3.63. The van der Waals surface area contributed by atoms with Crippen LogP contribution in [0.2, 0.25) is 0 Å². The van der Waals surface area contributed by atoms with Gasteiger partial charge in [0, 0.05) is 11.9 Å². The SMILES string of the molecule is CC1(C)[C@H]2CC[C@@]1(C)[C@H](O)[C@H]2C(=O)[O-]. The third-order valence-corrected chi connectivity index (χ3v) is 5.07. The van der Waals surface area contributed by atoms with Crippen LogP contribution < -0.4 is 5.11 Å². The second-order valence-electron chi connectivity index (χ2n) is 5.57. The first kappa shape index (κ1) is 9.97. The number of hydrogen-bond acceptors (Lipinski definition) is 3. The van der Waals surface area contributed by atoms with Crippen LogP contribution in [0.25, 0.3) is 0 Å². The van der Waals surface area contributed by atoms with Crippen molar-refractivity contribution in [2.45, 2.75) is 39.7 Å². The maximum absolute atomic E-state index is 11.0. The monoisotopic (exact) mass is 197 g/mol. The van der Waals surface area contributed by atoms with Gasteiger partial charge in [-0.25, -0.2) is 0 Å². The van der Waals surface area contributed by atoms with Crippen LogP contribution in [0.15, 0.2) is 0 Å². The van der Waals surface area contributed by atoms with Crippen LogP contribution >= 0.6 is 0 Å². The standard InChI is InChI=1S/C11H18O3/c1-10(2)6-4-5-11(10,3)8(12)7(6)9(13)14/h6-8,12H,4-5H2,1-3H3,(H,13,14)/p-1/t6-,7-,8+,11-/m0/s1. The van der Waals surface area contributed by atoms with Crippen LogP contribution in [-0.4, -0.2) is 17.2 Å². The summed E-state index contributed by atoms with van der Waals surface area (Å²) in [7, 11) is 0. The van der Waals surface area contributed by atoms with E-state index in [9.17, 15) is 15.0 Å². The zero-order valence-electron chi connectivity index (χ0n) is 8.91. The Morgan fingerprint density at radius 1 is 1.43 bits per heavy atom. The van der Waals surface area contributed by atoms with E-state index in [4.69, 9.17) is 0 Å². The summed E-state index contributed by atoms with van der Waals surface area (Å²) in [6, 6.07) is 0. The molecule has 0 amide bonds. The Labute approximate surface area is 84.1 Å². The smallest absolute Gasteiger partial charge is 0.0682 e. The molecule has 2 rings (SSSR count). The third-order valence-electron chi connectivity index (χ3n) is 5.07. The predicted molar refractivity (Wildman–Crippen MR) is 49.1 cm³/mol. The minimum absolute atomic E-state index is 0.0764. The molecule has 80 valence electrons. The molecule has 2 saturated carbocycles. The largest absolute Gasteiger partial charge is 0.550 e. The maximum Gasteiger partial charge on any atom is 0.0682 e. The van der Waals surface area contributed by atoms with E-state index >= 15 is 0 Å². The molecule has 0 aromatic rings. The highest BCUT2D eigenvalue weighted by molar-refractivity contribution is 5.70. The van der Waals surface area contributed by atoms with Gasteiger partial charge in [0.25, 0.3) is 0 Å². The van der Waals surface area contributed by atoms with Crippen molar-refractivity contribution in [3.63, 3.8) is 0 Å². The van der Waals surface area contributed by atoms with E-state index in [1.165, 1.54) is 0 Å². The lowest BCUT2D eigenvalue weighted by Gasteiger charge is -2.37. The molecule has 0 aromatic carbocycles. The normalized spacial score (nSPS) is 49.6. The quantitative estimate of drug-likeness (QED) is 0.652. The van der Waals surface area contributed by atoms with Crippen molar-refractivity contribution in [3.8, 4) is 0 Å². The molecule has 14 heavy (non-hydrogen) atoms. The summed E-state index contributed by atoms with van der Waals surface area (Å²) in [6.45, 7) is 6.13. The Bertz CT molecular complexity index is 284. The molecule has 4 atom stereocenters. The third kappa shape index (κ3) is 0.842. The van der Waals surface area contributed by atoms with Crippen molar-refractivity contribution in [1.82, 2.24) is 0 Å². The summed E-state index contributed by atoms with van der Waals surface area (Å²) < 4.78 is 0. The molecule has 0 radical (unpaired) electrons. The first-order valence-electron chi connectivity index (χ1n) is 5.21. The molecule has 2 fully saturated rings. The lowest BCUT2D eigenvalue weighted by Crippen LogP contribution is -2.44. The summed E-state index contributed by atoms with van der Waals surface area (Å²) in [6.07, 6.45) is 1.09. The molecule has 1 N–H and O–H groups in total. The van der Waals surface area contributed by atoms with Gasteiger partial charge in [0.1, 0.15) is 0 Å². The van der Waals surface area contributed by atoms with Crippen molar-refractivity contribution < 1.29 is 15.0 Å². The van der Waals surface area contributed by atoms with Gasteiger partial charge in [-0.2, -0.15) is 0 Å². The number of hydrogen-bond donors (Lipinski definition) is 1. The number of carbonyl (C=O) groups is 1. The Kier molecular flexibility index (Phi) is 1.79. The molecule has 2 bridgehead atoms. The Morgan fingerprint density at radius 3 is 2.29 bits per heavy atom. The topological polar surface area (TPSA) is 60.4 Å². The average Bonchev–Trinajstić information content (AvgIpc) is 2.35. The van der Waals surface area contributed by atoms with Gasteiger partial charge < -0.3 is 15.0 Å². The number of carboxylic acids is 1. The summed E-state index contributed by atoms with van der Waals surface area (Å²) in [5.74, 6) is -1.67. The summed E-state index contributed by atoms with van der Waals surface area (Å²) >= 11 is 0. The fraction of sp³-hybridized carbons (Fsp3) is 0.909. The molecule has 0 spiro atoms.